The molecule has 0 saturated heterocycles. The second kappa shape index (κ2) is 4.82. The third-order valence-electron chi connectivity index (χ3n) is 2.58. The van der Waals surface area contributed by atoms with Gasteiger partial charge in [0, 0.05) is 18.3 Å². The molecule has 0 amide bonds. The van der Waals surface area contributed by atoms with Gasteiger partial charge in [0.25, 0.3) is 5.56 Å². The molecule has 2 aromatic heterocycles. The van der Waals surface area contributed by atoms with Crippen molar-refractivity contribution in [2.24, 2.45) is 0 Å². The van der Waals surface area contributed by atoms with Crippen LogP contribution in [0.1, 0.15) is 16.2 Å². The summed E-state index contributed by atoms with van der Waals surface area (Å²) < 4.78 is 3.00. The van der Waals surface area contributed by atoms with Gasteiger partial charge in [-0.2, -0.15) is 0 Å². The van der Waals surface area contributed by atoms with Gasteiger partial charge in [0.1, 0.15) is 0 Å². The van der Waals surface area contributed by atoms with Gasteiger partial charge in [0.05, 0.1) is 12.7 Å². The topological polar surface area (TPSA) is 90.0 Å². The molecular formula is C11H12N4O3. The molecule has 0 aliphatic carbocycles. The van der Waals surface area contributed by atoms with Gasteiger partial charge in [-0.25, -0.2) is 9.48 Å². The highest BCUT2D eigenvalue weighted by Crippen LogP contribution is 1.97. The standard InChI is InChI=1S/C11H12N4O3/c1-8-3-2-4-10(16)15(8)6-5-14-7-9(11(17)18)12-13-14/h2-4,7H,5-6H2,1H3,(H,17,18). The molecule has 2 aromatic rings. The summed E-state index contributed by atoms with van der Waals surface area (Å²) in [6.45, 7) is 2.66. The van der Waals surface area contributed by atoms with Crippen LogP contribution < -0.4 is 5.56 Å². The third-order valence-corrected chi connectivity index (χ3v) is 2.58. The summed E-state index contributed by atoms with van der Waals surface area (Å²) in [5.41, 5.74) is 0.654. The summed E-state index contributed by atoms with van der Waals surface area (Å²) in [6, 6.07) is 5.02. The van der Waals surface area contributed by atoms with Crippen LogP contribution in [0.5, 0.6) is 0 Å². The van der Waals surface area contributed by atoms with Crippen molar-refractivity contribution in [2.75, 3.05) is 0 Å². The summed E-state index contributed by atoms with van der Waals surface area (Å²) in [6.07, 6.45) is 1.34. The van der Waals surface area contributed by atoms with Crippen LogP contribution in [-0.2, 0) is 13.1 Å². The Bertz CT molecular complexity index is 629. The van der Waals surface area contributed by atoms with E-state index in [9.17, 15) is 9.59 Å². The Morgan fingerprint density at radius 2 is 2.17 bits per heavy atom. The average molecular weight is 248 g/mol. The normalized spacial score (nSPS) is 10.5. The van der Waals surface area contributed by atoms with E-state index in [1.54, 1.807) is 10.6 Å². The molecule has 7 heteroatoms. The lowest BCUT2D eigenvalue weighted by molar-refractivity contribution is 0.0690. The van der Waals surface area contributed by atoms with Crippen LogP contribution in [0.3, 0.4) is 0 Å². The second-order valence-electron chi connectivity index (χ2n) is 3.83. The van der Waals surface area contributed by atoms with Crippen molar-refractivity contribution in [2.45, 2.75) is 20.0 Å². The number of nitrogens with zero attached hydrogens (tertiary/aromatic N) is 4. The van der Waals surface area contributed by atoms with Crippen molar-refractivity contribution in [1.29, 1.82) is 0 Å². The minimum Gasteiger partial charge on any atom is -0.476 e. The zero-order valence-corrected chi connectivity index (χ0v) is 9.78. The van der Waals surface area contributed by atoms with E-state index >= 15 is 0 Å². The first kappa shape index (κ1) is 12.0. The molecular weight excluding hydrogens is 236 g/mol. The number of hydrogen-bond acceptors (Lipinski definition) is 4. The number of aromatic carboxylic acids is 1. The maximum atomic E-state index is 11.6. The molecule has 0 aliphatic heterocycles. The number of hydrogen-bond donors (Lipinski definition) is 1. The molecule has 0 aromatic carbocycles. The first-order chi connectivity index (χ1) is 8.58. The first-order valence-electron chi connectivity index (χ1n) is 5.38. The van der Waals surface area contributed by atoms with Gasteiger partial charge in [-0.05, 0) is 13.0 Å². The Morgan fingerprint density at radius 1 is 1.39 bits per heavy atom. The van der Waals surface area contributed by atoms with Gasteiger partial charge in [0.15, 0.2) is 5.69 Å². The molecule has 18 heavy (non-hydrogen) atoms. The lowest BCUT2D eigenvalue weighted by Crippen LogP contribution is -2.23. The molecule has 1 N–H and O–H groups in total. The molecule has 0 aliphatic rings. The minimum absolute atomic E-state index is 0.0893. The monoisotopic (exact) mass is 248 g/mol. The van der Waals surface area contributed by atoms with Crippen molar-refractivity contribution >= 4 is 5.97 Å². The number of carboxylic acid groups (broad SMARTS) is 1. The van der Waals surface area contributed by atoms with Crippen LogP contribution in [0.2, 0.25) is 0 Å². The number of carboxylic acids is 1. The van der Waals surface area contributed by atoms with Crippen molar-refractivity contribution in [3.63, 3.8) is 0 Å². The van der Waals surface area contributed by atoms with E-state index in [4.69, 9.17) is 5.11 Å². The number of aromatic nitrogens is 4. The summed E-state index contributed by atoms with van der Waals surface area (Å²) in [7, 11) is 0. The molecule has 0 fully saturated rings. The number of carbonyl (C=O) groups is 1. The second-order valence-corrected chi connectivity index (χ2v) is 3.83. The van der Waals surface area contributed by atoms with E-state index in [0.717, 1.165) is 5.69 Å². The number of aryl methyl sites for hydroxylation is 2. The fourth-order valence-corrected chi connectivity index (χ4v) is 1.62. The largest absolute Gasteiger partial charge is 0.476 e. The Balaban J connectivity index is 2.11. The predicted octanol–water partition coefficient (Wildman–Crippen LogP) is 0.147. The van der Waals surface area contributed by atoms with Gasteiger partial charge in [0.2, 0.25) is 0 Å². The first-order valence-corrected chi connectivity index (χ1v) is 5.38. The molecule has 2 rings (SSSR count). The zero-order chi connectivity index (χ0) is 13.1. The predicted molar refractivity (Wildman–Crippen MR) is 62.4 cm³/mol. The molecule has 0 radical (unpaired) electrons. The van der Waals surface area contributed by atoms with Gasteiger partial charge in [-0.1, -0.05) is 11.3 Å². The van der Waals surface area contributed by atoms with Crippen molar-refractivity contribution < 1.29 is 9.90 Å². The molecule has 7 nitrogen and oxygen atoms in total. The third kappa shape index (κ3) is 2.45. The molecule has 0 bridgehead atoms. The Morgan fingerprint density at radius 3 is 2.78 bits per heavy atom. The van der Waals surface area contributed by atoms with Crippen LogP contribution in [0, 0.1) is 6.92 Å². The van der Waals surface area contributed by atoms with E-state index in [-0.39, 0.29) is 11.3 Å². The summed E-state index contributed by atoms with van der Waals surface area (Å²) >= 11 is 0. The van der Waals surface area contributed by atoms with E-state index in [1.807, 2.05) is 13.0 Å². The van der Waals surface area contributed by atoms with Gasteiger partial charge in [-0.15, -0.1) is 5.10 Å². The number of pyridine rings is 1. The average Bonchev–Trinajstić information content (AvgIpc) is 2.77. The van der Waals surface area contributed by atoms with E-state index in [1.165, 1.54) is 16.9 Å². The van der Waals surface area contributed by atoms with E-state index in [2.05, 4.69) is 10.3 Å². The smallest absolute Gasteiger partial charge is 0.358 e. The Hall–Kier alpha value is -2.44. The molecule has 2 heterocycles. The lowest BCUT2D eigenvalue weighted by Gasteiger charge is -2.08. The van der Waals surface area contributed by atoms with Crippen LogP contribution in [0.4, 0.5) is 0 Å². The van der Waals surface area contributed by atoms with Crippen molar-refractivity contribution in [3.05, 3.63) is 46.1 Å². The fraction of sp³-hybridized carbons (Fsp3) is 0.273. The lowest BCUT2D eigenvalue weighted by atomic mass is 10.3. The zero-order valence-electron chi connectivity index (χ0n) is 9.78. The molecule has 0 atom stereocenters. The molecule has 0 spiro atoms. The van der Waals surface area contributed by atoms with Crippen molar-refractivity contribution in [3.8, 4) is 0 Å². The highest BCUT2D eigenvalue weighted by molar-refractivity contribution is 5.84. The Kier molecular flexibility index (Phi) is 3.22. The molecule has 0 saturated carbocycles. The van der Waals surface area contributed by atoms with Gasteiger partial charge < -0.3 is 9.67 Å². The summed E-state index contributed by atoms with van der Waals surface area (Å²) in [4.78, 5) is 22.2. The summed E-state index contributed by atoms with van der Waals surface area (Å²) in [5.74, 6) is -1.12. The van der Waals surface area contributed by atoms with Crippen LogP contribution >= 0.6 is 0 Å². The summed E-state index contributed by atoms with van der Waals surface area (Å²) in [5, 5.41) is 15.9. The highest BCUT2D eigenvalue weighted by atomic mass is 16.4. The fourth-order valence-electron chi connectivity index (χ4n) is 1.62. The maximum absolute atomic E-state index is 11.6. The number of rotatable bonds is 4. The molecule has 0 unspecified atom stereocenters. The van der Waals surface area contributed by atoms with Gasteiger partial charge in [-0.3, -0.25) is 4.79 Å². The van der Waals surface area contributed by atoms with Crippen molar-refractivity contribution in [1.82, 2.24) is 19.6 Å². The van der Waals surface area contributed by atoms with Crippen LogP contribution in [0.15, 0.2) is 29.2 Å². The van der Waals surface area contributed by atoms with E-state index in [0.29, 0.717) is 13.1 Å². The highest BCUT2D eigenvalue weighted by Gasteiger charge is 2.08. The maximum Gasteiger partial charge on any atom is 0.358 e. The van der Waals surface area contributed by atoms with Gasteiger partial charge >= 0.3 is 5.97 Å². The minimum atomic E-state index is -1.12. The SMILES string of the molecule is Cc1cccc(=O)n1CCn1cc(C(=O)O)nn1. The quantitative estimate of drug-likeness (QED) is 0.831. The van der Waals surface area contributed by atoms with E-state index < -0.39 is 5.97 Å². The van der Waals surface area contributed by atoms with Crippen LogP contribution in [0.25, 0.3) is 0 Å². The van der Waals surface area contributed by atoms with Crippen LogP contribution in [-0.4, -0.2) is 30.6 Å². The Labute approximate surface area is 102 Å². The molecule has 94 valence electrons.